The van der Waals surface area contributed by atoms with Gasteiger partial charge in [0.2, 0.25) is 5.91 Å². The lowest BCUT2D eigenvalue weighted by Gasteiger charge is -2.22. The standard InChI is InChI=1S/C21H25N3O3S2/c1-16-8-7-11-18-20(16)22-21(28-18)24(14-13-23(2)3)19(25)12-15-29(26,27)17-9-5-4-6-10-17/h4-11H,12-15H2,1-3H3. The quantitative estimate of drug-likeness (QED) is 0.547. The number of anilines is 1. The minimum Gasteiger partial charge on any atom is -0.308 e. The number of thiazole rings is 1. The van der Waals surface area contributed by atoms with Crippen LogP contribution in [0.5, 0.6) is 0 Å². The van der Waals surface area contributed by atoms with Gasteiger partial charge in [-0.25, -0.2) is 13.4 Å². The van der Waals surface area contributed by atoms with Gasteiger partial charge in [-0.15, -0.1) is 0 Å². The van der Waals surface area contributed by atoms with Gasteiger partial charge >= 0.3 is 0 Å². The zero-order valence-electron chi connectivity index (χ0n) is 16.8. The lowest BCUT2D eigenvalue weighted by atomic mass is 10.2. The van der Waals surface area contributed by atoms with E-state index in [9.17, 15) is 13.2 Å². The normalized spacial score (nSPS) is 11.9. The smallest absolute Gasteiger partial charge is 0.229 e. The lowest BCUT2D eigenvalue weighted by Crippen LogP contribution is -2.37. The zero-order valence-corrected chi connectivity index (χ0v) is 18.5. The molecule has 6 nitrogen and oxygen atoms in total. The van der Waals surface area contributed by atoms with Crippen molar-refractivity contribution in [1.82, 2.24) is 9.88 Å². The Balaban J connectivity index is 1.82. The number of carbonyl (C=O) groups excluding carboxylic acids is 1. The third kappa shape index (κ3) is 5.20. The summed E-state index contributed by atoms with van der Waals surface area (Å²) in [5.41, 5.74) is 1.93. The van der Waals surface area contributed by atoms with E-state index < -0.39 is 9.84 Å². The van der Waals surface area contributed by atoms with Gasteiger partial charge in [0.1, 0.15) is 0 Å². The summed E-state index contributed by atoms with van der Waals surface area (Å²) in [5, 5.41) is 0.609. The molecule has 3 aromatic rings. The minimum absolute atomic E-state index is 0.0838. The molecule has 0 bridgehead atoms. The molecule has 1 aromatic heterocycles. The predicted octanol–water partition coefficient (Wildman–Crippen LogP) is 3.36. The molecule has 1 amide bonds. The van der Waals surface area contributed by atoms with Gasteiger partial charge in [-0.05, 0) is 44.8 Å². The van der Waals surface area contributed by atoms with Crippen molar-refractivity contribution >= 4 is 42.4 Å². The molecule has 0 aliphatic carbocycles. The maximum atomic E-state index is 13.0. The molecule has 0 saturated carbocycles. The van der Waals surface area contributed by atoms with E-state index in [0.717, 1.165) is 15.8 Å². The number of fused-ring (bicyclic) bond motifs is 1. The summed E-state index contributed by atoms with van der Waals surface area (Å²) in [7, 11) is 0.362. The Kier molecular flexibility index (Phi) is 6.66. The number of rotatable bonds is 8. The van der Waals surface area contributed by atoms with Crippen LogP contribution < -0.4 is 4.90 Å². The van der Waals surface area contributed by atoms with Crippen molar-refractivity contribution in [2.75, 3.05) is 37.8 Å². The van der Waals surface area contributed by atoms with Gasteiger partial charge < -0.3 is 4.90 Å². The fraction of sp³-hybridized carbons (Fsp3) is 0.333. The van der Waals surface area contributed by atoms with E-state index in [2.05, 4.69) is 4.98 Å². The molecule has 0 atom stereocenters. The Bertz CT molecular complexity index is 1090. The Morgan fingerprint density at radius 3 is 2.41 bits per heavy atom. The Hall–Kier alpha value is -2.29. The van der Waals surface area contributed by atoms with Crippen LogP contribution >= 0.6 is 11.3 Å². The monoisotopic (exact) mass is 431 g/mol. The van der Waals surface area contributed by atoms with Crippen LogP contribution in [0.3, 0.4) is 0 Å². The molecule has 0 spiro atoms. The third-order valence-corrected chi connectivity index (χ3v) is 7.37. The van der Waals surface area contributed by atoms with Crippen molar-refractivity contribution < 1.29 is 13.2 Å². The van der Waals surface area contributed by atoms with Crippen LogP contribution in [0.2, 0.25) is 0 Å². The molecule has 0 N–H and O–H groups in total. The van der Waals surface area contributed by atoms with Crippen molar-refractivity contribution in [1.29, 1.82) is 0 Å². The van der Waals surface area contributed by atoms with Crippen molar-refractivity contribution in [3.05, 3.63) is 54.1 Å². The van der Waals surface area contributed by atoms with E-state index in [0.29, 0.717) is 18.2 Å². The number of hydrogen-bond donors (Lipinski definition) is 0. The van der Waals surface area contributed by atoms with Crippen molar-refractivity contribution in [2.45, 2.75) is 18.2 Å². The summed E-state index contributed by atoms with van der Waals surface area (Å²) in [6.07, 6.45) is -0.0838. The number of likely N-dealkylation sites (N-methyl/N-ethyl adjacent to an activating group) is 1. The van der Waals surface area contributed by atoms with Gasteiger partial charge in [0, 0.05) is 19.5 Å². The molecular formula is C21H25N3O3S2. The van der Waals surface area contributed by atoms with Gasteiger partial charge in [-0.2, -0.15) is 0 Å². The minimum atomic E-state index is -3.51. The van der Waals surface area contributed by atoms with E-state index in [1.54, 1.807) is 35.2 Å². The second kappa shape index (κ2) is 9.02. The van der Waals surface area contributed by atoms with E-state index in [4.69, 9.17) is 0 Å². The molecule has 0 aliphatic heterocycles. The summed E-state index contributed by atoms with van der Waals surface area (Å²) in [6.45, 7) is 3.10. The van der Waals surface area contributed by atoms with Gasteiger partial charge in [0.25, 0.3) is 0 Å². The Labute approximate surface area is 175 Å². The van der Waals surface area contributed by atoms with E-state index >= 15 is 0 Å². The summed E-state index contributed by atoms with van der Waals surface area (Å²) in [6, 6.07) is 14.2. The third-order valence-electron chi connectivity index (χ3n) is 4.60. The first-order chi connectivity index (χ1) is 13.8. The van der Waals surface area contributed by atoms with Crippen LogP contribution in [0, 0.1) is 6.92 Å². The van der Waals surface area contributed by atoms with Crippen molar-refractivity contribution in [3.8, 4) is 0 Å². The molecule has 29 heavy (non-hydrogen) atoms. The van der Waals surface area contributed by atoms with Crippen LogP contribution in [0.1, 0.15) is 12.0 Å². The first-order valence-corrected chi connectivity index (χ1v) is 11.8. The van der Waals surface area contributed by atoms with Gasteiger partial charge in [0.15, 0.2) is 15.0 Å². The number of para-hydroxylation sites is 1. The highest BCUT2D eigenvalue weighted by Gasteiger charge is 2.23. The maximum absolute atomic E-state index is 13.0. The van der Waals surface area contributed by atoms with Crippen LogP contribution in [0.15, 0.2) is 53.4 Å². The highest BCUT2D eigenvalue weighted by Crippen LogP contribution is 2.31. The SMILES string of the molecule is Cc1cccc2sc(N(CCN(C)C)C(=O)CCS(=O)(=O)c3ccccc3)nc12. The second-order valence-corrected chi connectivity index (χ2v) is 10.3. The van der Waals surface area contributed by atoms with Gasteiger partial charge in [-0.1, -0.05) is 41.7 Å². The van der Waals surface area contributed by atoms with Crippen molar-refractivity contribution in [2.24, 2.45) is 0 Å². The van der Waals surface area contributed by atoms with Crippen LogP contribution in [0.25, 0.3) is 10.2 Å². The molecule has 0 aliphatic rings. The fourth-order valence-corrected chi connectivity index (χ4v) is 5.26. The van der Waals surface area contributed by atoms with Gasteiger partial charge in [0.05, 0.1) is 20.9 Å². The Morgan fingerprint density at radius 1 is 1.03 bits per heavy atom. The summed E-state index contributed by atoms with van der Waals surface area (Å²) < 4.78 is 26.1. The summed E-state index contributed by atoms with van der Waals surface area (Å²) in [4.78, 5) is 21.5. The molecule has 0 unspecified atom stereocenters. The first kappa shape index (κ1) is 21.4. The first-order valence-electron chi connectivity index (χ1n) is 9.37. The molecule has 0 radical (unpaired) electrons. The maximum Gasteiger partial charge on any atom is 0.229 e. The largest absolute Gasteiger partial charge is 0.308 e. The molecular weight excluding hydrogens is 406 g/mol. The number of nitrogens with zero attached hydrogens (tertiary/aromatic N) is 3. The number of sulfone groups is 1. The average molecular weight is 432 g/mol. The topological polar surface area (TPSA) is 70.6 Å². The molecule has 0 fully saturated rings. The highest BCUT2D eigenvalue weighted by atomic mass is 32.2. The predicted molar refractivity (Wildman–Crippen MR) is 118 cm³/mol. The summed E-state index contributed by atoms with van der Waals surface area (Å²) >= 11 is 1.46. The zero-order chi connectivity index (χ0) is 21.0. The molecule has 1 heterocycles. The lowest BCUT2D eigenvalue weighted by molar-refractivity contribution is -0.118. The number of carbonyl (C=O) groups is 1. The average Bonchev–Trinajstić information content (AvgIpc) is 3.12. The molecule has 2 aromatic carbocycles. The van der Waals surface area contributed by atoms with Crippen LogP contribution in [-0.4, -0.2) is 57.1 Å². The molecule has 3 rings (SSSR count). The van der Waals surface area contributed by atoms with Crippen LogP contribution in [-0.2, 0) is 14.6 Å². The number of aryl methyl sites for hydroxylation is 1. The van der Waals surface area contributed by atoms with E-state index in [1.165, 1.54) is 11.3 Å². The number of benzene rings is 2. The molecule has 0 saturated heterocycles. The van der Waals surface area contributed by atoms with E-state index in [1.807, 2.05) is 44.1 Å². The summed E-state index contributed by atoms with van der Waals surface area (Å²) in [5.74, 6) is -0.457. The highest BCUT2D eigenvalue weighted by molar-refractivity contribution is 7.91. The number of hydrogen-bond acceptors (Lipinski definition) is 6. The number of amides is 1. The fourth-order valence-electron chi connectivity index (χ4n) is 2.92. The second-order valence-electron chi connectivity index (χ2n) is 7.15. The Morgan fingerprint density at radius 2 is 1.76 bits per heavy atom. The molecule has 154 valence electrons. The number of aromatic nitrogens is 1. The van der Waals surface area contributed by atoms with Gasteiger partial charge in [-0.3, -0.25) is 9.69 Å². The van der Waals surface area contributed by atoms with Crippen molar-refractivity contribution in [3.63, 3.8) is 0 Å². The van der Waals surface area contributed by atoms with Crippen LogP contribution in [0.4, 0.5) is 5.13 Å². The van der Waals surface area contributed by atoms with E-state index in [-0.39, 0.29) is 23.0 Å². The molecule has 8 heteroatoms.